The van der Waals surface area contributed by atoms with E-state index in [2.05, 4.69) is 11.6 Å². The third kappa shape index (κ3) is 3.66. The summed E-state index contributed by atoms with van der Waals surface area (Å²) in [5.41, 5.74) is 1.36. The molecule has 0 aliphatic heterocycles. The number of phenols is 1. The van der Waals surface area contributed by atoms with Crippen LogP contribution in [0.25, 0.3) is 0 Å². The van der Waals surface area contributed by atoms with Crippen LogP contribution in [0.2, 0.25) is 0 Å². The second-order valence-electron chi connectivity index (χ2n) is 5.20. The van der Waals surface area contributed by atoms with Crippen molar-refractivity contribution in [1.29, 1.82) is 0 Å². The number of thioether (sulfide) groups is 1. The van der Waals surface area contributed by atoms with E-state index in [1.165, 1.54) is 0 Å². The number of hydrogen-bond acceptors (Lipinski definition) is 3. The van der Waals surface area contributed by atoms with E-state index in [0.29, 0.717) is 5.56 Å². The molecule has 0 atom stereocenters. The Bertz CT molecular complexity index is 453. The Hall–Kier alpha value is -1.16. The van der Waals surface area contributed by atoms with Gasteiger partial charge in [0, 0.05) is 11.3 Å². The molecular weight excluding hydrogens is 258 g/mol. The number of amides is 1. The minimum absolute atomic E-state index is 0.0564. The van der Waals surface area contributed by atoms with Crippen molar-refractivity contribution < 1.29 is 9.90 Å². The fourth-order valence-electron chi connectivity index (χ4n) is 2.54. The highest BCUT2D eigenvalue weighted by Gasteiger charge is 2.23. The second-order valence-corrected chi connectivity index (χ2v) is 6.34. The number of aromatic hydroxyl groups is 1. The van der Waals surface area contributed by atoms with Crippen LogP contribution in [0, 0.1) is 6.92 Å². The summed E-state index contributed by atoms with van der Waals surface area (Å²) >= 11 is 1.91. The normalized spacial score (nSPS) is 23.1. The van der Waals surface area contributed by atoms with Gasteiger partial charge in [0.15, 0.2) is 0 Å². The Morgan fingerprint density at radius 2 is 2.00 bits per heavy atom. The topological polar surface area (TPSA) is 49.3 Å². The molecule has 0 aromatic heterocycles. The monoisotopic (exact) mass is 279 g/mol. The van der Waals surface area contributed by atoms with Gasteiger partial charge in [0.05, 0.1) is 5.56 Å². The molecule has 2 N–H and O–H groups in total. The summed E-state index contributed by atoms with van der Waals surface area (Å²) in [7, 11) is 0. The number of phenolic OH excluding ortho intramolecular Hbond substituents is 1. The first-order valence-corrected chi connectivity index (χ1v) is 8.02. The lowest BCUT2D eigenvalue weighted by Gasteiger charge is -2.28. The Morgan fingerprint density at radius 1 is 1.32 bits per heavy atom. The summed E-state index contributed by atoms with van der Waals surface area (Å²) in [6.07, 6.45) is 6.53. The number of nitrogens with one attached hydrogen (secondary N) is 1. The van der Waals surface area contributed by atoms with E-state index in [1.807, 2.05) is 18.7 Å². The molecule has 3 nitrogen and oxygen atoms in total. The summed E-state index contributed by atoms with van der Waals surface area (Å²) in [6.45, 7) is 1.92. The Labute approximate surface area is 118 Å². The van der Waals surface area contributed by atoms with Gasteiger partial charge >= 0.3 is 0 Å². The molecule has 4 heteroatoms. The number of carbonyl (C=O) groups is 1. The quantitative estimate of drug-likeness (QED) is 0.894. The lowest BCUT2D eigenvalue weighted by molar-refractivity contribution is 0.0925. The molecule has 0 spiro atoms. The van der Waals surface area contributed by atoms with E-state index < -0.39 is 0 Å². The third-order valence-electron chi connectivity index (χ3n) is 3.74. The predicted octanol–water partition coefficient (Wildman–Crippen LogP) is 3.10. The van der Waals surface area contributed by atoms with Crippen molar-refractivity contribution in [1.82, 2.24) is 5.32 Å². The molecule has 0 unspecified atom stereocenters. The molecule has 1 aromatic rings. The lowest BCUT2D eigenvalue weighted by atomic mass is 9.94. The van der Waals surface area contributed by atoms with Gasteiger partial charge in [-0.2, -0.15) is 11.8 Å². The summed E-state index contributed by atoms with van der Waals surface area (Å²) < 4.78 is 0. The van der Waals surface area contributed by atoms with E-state index in [9.17, 15) is 9.90 Å². The van der Waals surface area contributed by atoms with Gasteiger partial charge in [0.2, 0.25) is 0 Å². The average Bonchev–Trinajstić information content (AvgIpc) is 2.42. The molecule has 1 saturated carbocycles. The SMILES string of the molecule is CSC1CCC(NC(=O)c2cc(C)ccc2O)CC1. The van der Waals surface area contributed by atoms with Crippen LogP contribution in [0.15, 0.2) is 18.2 Å². The second kappa shape index (κ2) is 6.33. The Balaban J connectivity index is 1.96. The number of rotatable bonds is 3. The number of aryl methyl sites for hydroxylation is 1. The molecule has 104 valence electrons. The molecule has 1 aliphatic carbocycles. The van der Waals surface area contributed by atoms with Crippen molar-refractivity contribution in [3.63, 3.8) is 0 Å². The van der Waals surface area contributed by atoms with Gasteiger partial charge in [0.25, 0.3) is 5.91 Å². The largest absolute Gasteiger partial charge is 0.507 e. The number of carbonyl (C=O) groups excluding carboxylic acids is 1. The van der Waals surface area contributed by atoms with E-state index in [4.69, 9.17) is 0 Å². The minimum Gasteiger partial charge on any atom is -0.507 e. The first-order valence-electron chi connectivity index (χ1n) is 6.73. The van der Waals surface area contributed by atoms with Crippen molar-refractivity contribution in [2.24, 2.45) is 0 Å². The van der Waals surface area contributed by atoms with E-state index in [0.717, 1.165) is 36.5 Å². The van der Waals surface area contributed by atoms with Gasteiger partial charge < -0.3 is 10.4 Å². The molecular formula is C15H21NO2S. The fraction of sp³-hybridized carbons (Fsp3) is 0.533. The first-order chi connectivity index (χ1) is 9.10. The molecule has 1 aliphatic rings. The predicted molar refractivity (Wildman–Crippen MR) is 79.9 cm³/mol. The maximum atomic E-state index is 12.2. The zero-order valence-electron chi connectivity index (χ0n) is 11.5. The molecule has 2 rings (SSSR count). The smallest absolute Gasteiger partial charge is 0.255 e. The number of hydrogen-bond donors (Lipinski definition) is 2. The van der Waals surface area contributed by atoms with Crippen LogP contribution in [0.1, 0.15) is 41.6 Å². The number of benzene rings is 1. The highest BCUT2D eigenvalue weighted by atomic mass is 32.2. The van der Waals surface area contributed by atoms with E-state index in [1.54, 1.807) is 18.2 Å². The van der Waals surface area contributed by atoms with Gasteiger partial charge in [-0.25, -0.2) is 0 Å². The third-order valence-corrected chi connectivity index (χ3v) is 4.88. The highest BCUT2D eigenvalue weighted by molar-refractivity contribution is 7.99. The molecule has 19 heavy (non-hydrogen) atoms. The molecule has 0 radical (unpaired) electrons. The molecule has 1 aromatic carbocycles. The van der Waals surface area contributed by atoms with Crippen molar-refractivity contribution in [2.75, 3.05) is 6.26 Å². The lowest BCUT2D eigenvalue weighted by Crippen LogP contribution is -2.38. The van der Waals surface area contributed by atoms with Crippen LogP contribution in [0.3, 0.4) is 0 Å². The molecule has 0 bridgehead atoms. The van der Waals surface area contributed by atoms with Gasteiger partial charge in [-0.3, -0.25) is 4.79 Å². The maximum Gasteiger partial charge on any atom is 0.255 e. The van der Waals surface area contributed by atoms with Gasteiger partial charge in [-0.15, -0.1) is 0 Å². The molecule has 0 heterocycles. The first kappa shape index (κ1) is 14.3. The maximum absolute atomic E-state index is 12.2. The summed E-state index contributed by atoms with van der Waals surface area (Å²) in [6, 6.07) is 5.36. The zero-order valence-corrected chi connectivity index (χ0v) is 12.3. The van der Waals surface area contributed by atoms with Gasteiger partial charge in [-0.05, 0) is 51.0 Å². The Kier molecular flexibility index (Phi) is 4.75. The Morgan fingerprint density at radius 3 is 2.63 bits per heavy atom. The highest BCUT2D eigenvalue weighted by Crippen LogP contribution is 2.27. The van der Waals surface area contributed by atoms with E-state index in [-0.39, 0.29) is 17.7 Å². The van der Waals surface area contributed by atoms with Gasteiger partial charge in [-0.1, -0.05) is 11.6 Å². The van der Waals surface area contributed by atoms with Crippen molar-refractivity contribution in [3.05, 3.63) is 29.3 Å². The summed E-state index contributed by atoms with van der Waals surface area (Å²) in [5.74, 6) is -0.102. The van der Waals surface area contributed by atoms with Crippen molar-refractivity contribution in [2.45, 2.75) is 43.9 Å². The van der Waals surface area contributed by atoms with Crippen LogP contribution in [-0.4, -0.2) is 28.6 Å². The summed E-state index contributed by atoms with van der Waals surface area (Å²) in [4.78, 5) is 12.2. The summed E-state index contributed by atoms with van der Waals surface area (Å²) in [5, 5.41) is 13.5. The van der Waals surface area contributed by atoms with Crippen LogP contribution in [0.4, 0.5) is 0 Å². The van der Waals surface area contributed by atoms with Crippen LogP contribution >= 0.6 is 11.8 Å². The molecule has 0 saturated heterocycles. The molecule has 1 fully saturated rings. The zero-order chi connectivity index (χ0) is 13.8. The molecule has 1 amide bonds. The van der Waals surface area contributed by atoms with Crippen molar-refractivity contribution in [3.8, 4) is 5.75 Å². The van der Waals surface area contributed by atoms with Crippen LogP contribution in [-0.2, 0) is 0 Å². The van der Waals surface area contributed by atoms with E-state index >= 15 is 0 Å². The van der Waals surface area contributed by atoms with Crippen LogP contribution in [0.5, 0.6) is 5.75 Å². The fourth-order valence-corrected chi connectivity index (χ4v) is 3.28. The van der Waals surface area contributed by atoms with Crippen molar-refractivity contribution >= 4 is 17.7 Å². The van der Waals surface area contributed by atoms with Crippen LogP contribution < -0.4 is 5.32 Å². The standard InChI is InChI=1S/C15H21NO2S/c1-10-3-8-14(17)13(9-10)15(18)16-11-4-6-12(19-2)7-5-11/h3,8-9,11-12,17H,4-7H2,1-2H3,(H,16,18). The average molecular weight is 279 g/mol. The van der Waals surface area contributed by atoms with Gasteiger partial charge in [0.1, 0.15) is 5.75 Å². The minimum atomic E-state index is -0.159.